The van der Waals surface area contributed by atoms with Crippen LogP contribution in [0.1, 0.15) is 36.3 Å². The summed E-state index contributed by atoms with van der Waals surface area (Å²) in [5.74, 6) is 0. The van der Waals surface area contributed by atoms with E-state index < -0.39 is 0 Å². The molecule has 1 unspecified atom stereocenters. The maximum absolute atomic E-state index is 4.60. The third kappa shape index (κ3) is 3.88. The van der Waals surface area contributed by atoms with Crippen LogP contribution in [0.2, 0.25) is 0 Å². The highest BCUT2D eigenvalue weighted by atomic mass is 32.1. The molecule has 2 aromatic rings. The van der Waals surface area contributed by atoms with Gasteiger partial charge in [0.15, 0.2) is 0 Å². The summed E-state index contributed by atoms with van der Waals surface area (Å²) in [6, 6.07) is 2.91. The Hall–Kier alpha value is -1.20. The SMILES string of the molecule is CNC(Cc1csc(C)n1)Cc1ccn(C(C)C)n1. The number of hydrogen-bond acceptors (Lipinski definition) is 4. The summed E-state index contributed by atoms with van der Waals surface area (Å²) in [6.45, 7) is 6.33. The van der Waals surface area contributed by atoms with Crippen molar-refractivity contribution in [2.24, 2.45) is 0 Å². The zero-order valence-corrected chi connectivity index (χ0v) is 12.9. The summed E-state index contributed by atoms with van der Waals surface area (Å²) < 4.78 is 2.01. The average Bonchev–Trinajstić information content (AvgIpc) is 2.98. The molecule has 5 heteroatoms. The number of aromatic nitrogens is 3. The van der Waals surface area contributed by atoms with Crippen molar-refractivity contribution in [1.29, 1.82) is 0 Å². The number of thiazole rings is 1. The van der Waals surface area contributed by atoms with Crippen molar-refractivity contribution in [3.63, 3.8) is 0 Å². The molecule has 1 N–H and O–H groups in total. The van der Waals surface area contributed by atoms with Crippen LogP contribution in [0.3, 0.4) is 0 Å². The van der Waals surface area contributed by atoms with Crippen LogP contribution in [-0.4, -0.2) is 27.9 Å². The number of hydrogen-bond donors (Lipinski definition) is 1. The first kappa shape index (κ1) is 14.2. The number of rotatable bonds is 6. The minimum Gasteiger partial charge on any atom is -0.316 e. The second-order valence-corrected chi connectivity index (χ2v) is 6.19. The Morgan fingerprint density at radius 1 is 1.32 bits per heavy atom. The minimum absolute atomic E-state index is 0.386. The maximum atomic E-state index is 4.60. The monoisotopic (exact) mass is 278 g/mol. The zero-order chi connectivity index (χ0) is 13.8. The molecule has 19 heavy (non-hydrogen) atoms. The molecule has 0 bridgehead atoms. The first-order valence-electron chi connectivity index (χ1n) is 6.70. The smallest absolute Gasteiger partial charge is 0.0897 e. The van der Waals surface area contributed by atoms with Crippen LogP contribution in [0.4, 0.5) is 0 Å². The van der Waals surface area contributed by atoms with Crippen LogP contribution < -0.4 is 5.32 Å². The molecule has 0 aliphatic carbocycles. The van der Waals surface area contributed by atoms with Crippen LogP contribution in [0.25, 0.3) is 0 Å². The molecule has 4 nitrogen and oxygen atoms in total. The normalized spacial score (nSPS) is 13.1. The molecule has 0 spiro atoms. The zero-order valence-electron chi connectivity index (χ0n) is 12.1. The second-order valence-electron chi connectivity index (χ2n) is 5.13. The molecule has 1 atom stereocenters. The largest absolute Gasteiger partial charge is 0.316 e. The summed E-state index contributed by atoms with van der Waals surface area (Å²) in [6.07, 6.45) is 3.95. The first-order valence-corrected chi connectivity index (χ1v) is 7.58. The highest BCUT2D eigenvalue weighted by molar-refractivity contribution is 7.09. The number of nitrogens with one attached hydrogen (secondary N) is 1. The van der Waals surface area contributed by atoms with E-state index in [1.807, 2.05) is 18.7 Å². The number of aryl methyl sites for hydroxylation is 1. The van der Waals surface area contributed by atoms with Crippen molar-refractivity contribution >= 4 is 11.3 Å². The van der Waals surface area contributed by atoms with Gasteiger partial charge in [0.1, 0.15) is 0 Å². The standard InChI is InChI=1S/C14H22N4S/c1-10(2)18-6-5-12(17-18)7-13(15-4)8-14-9-19-11(3)16-14/h5-6,9-10,13,15H,7-8H2,1-4H3. The van der Waals surface area contributed by atoms with Gasteiger partial charge in [-0.15, -0.1) is 11.3 Å². The van der Waals surface area contributed by atoms with Crippen molar-refractivity contribution in [3.8, 4) is 0 Å². The topological polar surface area (TPSA) is 42.7 Å². The summed E-state index contributed by atoms with van der Waals surface area (Å²) in [4.78, 5) is 4.53. The van der Waals surface area contributed by atoms with Gasteiger partial charge in [0, 0.05) is 36.5 Å². The van der Waals surface area contributed by atoms with Crippen LogP contribution in [-0.2, 0) is 12.8 Å². The Kier molecular flexibility index (Phi) is 4.71. The van der Waals surface area contributed by atoms with Gasteiger partial charge in [0.2, 0.25) is 0 Å². The first-order chi connectivity index (χ1) is 9.08. The molecule has 2 heterocycles. The van der Waals surface area contributed by atoms with E-state index in [0.717, 1.165) is 23.5 Å². The molecule has 2 rings (SSSR count). The van der Waals surface area contributed by atoms with Crippen molar-refractivity contribution in [2.45, 2.75) is 45.7 Å². The third-order valence-corrected chi connectivity index (χ3v) is 4.00. The summed E-state index contributed by atoms with van der Waals surface area (Å²) in [7, 11) is 2.00. The van der Waals surface area contributed by atoms with Crippen molar-refractivity contribution < 1.29 is 0 Å². The Morgan fingerprint density at radius 2 is 2.05 bits per heavy atom. The molecule has 0 aliphatic heterocycles. The molecule has 2 aromatic heterocycles. The van der Waals surface area contributed by atoms with Gasteiger partial charge >= 0.3 is 0 Å². The lowest BCUT2D eigenvalue weighted by atomic mass is 10.1. The molecule has 0 saturated heterocycles. The van der Waals surface area contributed by atoms with Crippen LogP contribution in [0.15, 0.2) is 17.6 Å². The van der Waals surface area contributed by atoms with Crippen molar-refractivity contribution in [3.05, 3.63) is 34.0 Å². The van der Waals surface area contributed by atoms with Crippen LogP contribution in [0, 0.1) is 6.92 Å². The van der Waals surface area contributed by atoms with Gasteiger partial charge in [-0.3, -0.25) is 4.68 Å². The molecule has 104 valence electrons. The third-order valence-electron chi connectivity index (χ3n) is 3.18. The quantitative estimate of drug-likeness (QED) is 0.883. The van der Waals surface area contributed by atoms with Gasteiger partial charge in [-0.05, 0) is 33.9 Å². The van der Waals surface area contributed by atoms with E-state index >= 15 is 0 Å². The van der Waals surface area contributed by atoms with Gasteiger partial charge in [-0.25, -0.2) is 4.98 Å². The van der Waals surface area contributed by atoms with Crippen LogP contribution in [0.5, 0.6) is 0 Å². The van der Waals surface area contributed by atoms with Crippen molar-refractivity contribution in [2.75, 3.05) is 7.05 Å². The van der Waals surface area contributed by atoms with Crippen LogP contribution >= 0.6 is 11.3 Å². The van der Waals surface area contributed by atoms with E-state index in [2.05, 4.69) is 46.9 Å². The van der Waals surface area contributed by atoms with Gasteiger partial charge in [0.25, 0.3) is 0 Å². The van der Waals surface area contributed by atoms with E-state index in [1.54, 1.807) is 11.3 Å². The van der Waals surface area contributed by atoms with E-state index in [4.69, 9.17) is 0 Å². The highest BCUT2D eigenvalue weighted by Gasteiger charge is 2.12. The van der Waals surface area contributed by atoms with Gasteiger partial charge in [0.05, 0.1) is 16.4 Å². The van der Waals surface area contributed by atoms with E-state index in [0.29, 0.717) is 12.1 Å². The molecule has 0 aromatic carbocycles. The molecular formula is C14H22N4S. The number of nitrogens with zero attached hydrogens (tertiary/aromatic N) is 3. The fourth-order valence-corrected chi connectivity index (χ4v) is 2.68. The maximum Gasteiger partial charge on any atom is 0.0897 e. The van der Waals surface area contributed by atoms with Gasteiger partial charge in [-0.2, -0.15) is 5.10 Å². The number of likely N-dealkylation sites (N-methyl/N-ethyl adjacent to an activating group) is 1. The summed E-state index contributed by atoms with van der Waals surface area (Å²) in [5, 5.41) is 11.2. The van der Waals surface area contributed by atoms with Crippen molar-refractivity contribution in [1.82, 2.24) is 20.1 Å². The highest BCUT2D eigenvalue weighted by Crippen LogP contribution is 2.12. The lowest BCUT2D eigenvalue weighted by molar-refractivity contribution is 0.506. The van der Waals surface area contributed by atoms with E-state index in [9.17, 15) is 0 Å². The Labute approximate surface area is 118 Å². The Balaban J connectivity index is 1.98. The molecule has 0 saturated carbocycles. The van der Waals surface area contributed by atoms with E-state index in [-0.39, 0.29) is 0 Å². The molecule has 0 radical (unpaired) electrons. The molecule has 0 fully saturated rings. The van der Waals surface area contributed by atoms with E-state index in [1.165, 1.54) is 5.69 Å². The predicted octanol–water partition coefficient (Wildman–Crippen LogP) is 2.60. The lowest BCUT2D eigenvalue weighted by Gasteiger charge is -2.13. The summed E-state index contributed by atoms with van der Waals surface area (Å²) in [5.41, 5.74) is 2.31. The minimum atomic E-state index is 0.386. The molecular weight excluding hydrogens is 256 g/mol. The predicted molar refractivity (Wildman–Crippen MR) is 79.7 cm³/mol. The van der Waals surface area contributed by atoms with Gasteiger partial charge in [-0.1, -0.05) is 0 Å². The second kappa shape index (κ2) is 6.30. The Bertz CT molecular complexity index is 515. The summed E-state index contributed by atoms with van der Waals surface area (Å²) >= 11 is 1.71. The fraction of sp³-hybridized carbons (Fsp3) is 0.571. The van der Waals surface area contributed by atoms with Gasteiger partial charge < -0.3 is 5.32 Å². The molecule has 0 aliphatic rings. The Morgan fingerprint density at radius 3 is 2.58 bits per heavy atom. The lowest BCUT2D eigenvalue weighted by Crippen LogP contribution is -2.30. The molecule has 0 amide bonds. The fourth-order valence-electron chi connectivity index (χ4n) is 2.06. The average molecular weight is 278 g/mol.